The maximum atomic E-state index is 12.4. The van der Waals surface area contributed by atoms with E-state index >= 15 is 0 Å². The summed E-state index contributed by atoms with van der Waals surface area (Å²) in [5.74, 6) is 0.790. The van der Waals surface area contributed by atoms with Gasteiger partial charge in [-0.05, 0) is 61.4 Å². The van der Waals surface area contributed by atoms with Crippen molar-refractivity contribution in [1.82, 2.24) is 0 Å². The van der Waals surface area contributed by atoms with Crippen molar-refractivity contribution < 1.29 is 17.9 Å². The second kappa shape index (κ2) is 8.97. The maximum absolute atomic E-state index is 12.4. The van der Waals surface area contributed by atoms with Gasteiger partial charge < -0.3 is 10.1 Å². The van der Waals surface area contributed by atoms with Gasteiger partial charge in [0, 0.05) is 11.3 Å². The number of sulfone groups is 1. The van der Waals surface area contributed by atoms with E-state index in [2.05, 4.69) is 18.3 Å². The van der Waals surface area contributed by atoms with Crippen molar-refractivity contribution in [1.29, 1.82) is 5.26 Å². The summed E-state index contributed by atoms with van der Waals surface area (Å²) in [7, 11) is -1.94. The van der Waals surface area contributed by atoms with Gasteiger partial charge in [-0.1, -0.05) is 6.92 Å². The Labute approximate surface area is 175 Å². The van der Waals surface area contributed by atoms with Crippen LogP contribution in [0, 0.1) is 17.2 Å². The first-order valence-electron chi connectivity index (χ1n) is 9.55. The lowest BCUT2D eigenvalue weighted by Gasteiger charge is -2.17. The predicted molar refractivity (Wildman–Crippen MR) is 113 cm³/mol. The molecule has 3 rings (SSSR count). The van der Waals surface area contributed by atoms with Crippen LogP contribution in [-0.2, 0) is 27.5 Å². The quantitative estimate of drug-likeness (QED) is 0.715. The monoisotopic (exact) mass is 432 g/mol. The molecule has 1 heterocycles. The van der Waals surface area contributed by atoms with Crippen LogP contribution in [0.4, 0.5) is 5.00 Å². The highest BCUT2D eigenvalue weighted by molar-refractivity contribution is 7.91. The molecule has 1 aromatic heterocycles. The Kier molecular flexibility index (Phi) is 6.60. The average molecular weight is 433 g/mol. The van der Waals surface area contributed by atoms with E-state index in [1.54, 1.807) is 12.1 Å². The largest absolute Gasteiger partial charge is 0.497 e. The third-order valence-electron chi connectivity index (χ3n) is 5.11. The van der Waals surface area contributed by atoms with Gasteiger partial charge in [0.15, 0.2) is 9.84 Å². The molecular formula is C21H24N2O4S2. The van der Waals surface area contributed by atoms with Crippen molar-refractivity contribution in [2.24, 2.45) is 5.92 Å². The number of carbonyl (C=O) groups is 1. The lowest BCUT2D eigenvalue weighted by Crippen LogP contribution is -2.14. The van der Waals surface area contributed by atoms with Crippen LogP contribution < -0.4 is 10.1 Å². The summed E-state index contributed by atoms with van der Waals surface area (Å²) in [6.07, 6.45) is 3.15. The van der Waals surface area contributed by atoms with Gasteiger partial charge in [0.25, 0.3) is 0 Å². The molecule has 1 amide bonds. The summed E-state index contributed by atoms with van der Waals surface area (Å²) in [6, 6.07) is 8.43. The zero-order valence-electron chi connectivity index (χ0n) is 16.5. The molecule has 0 fully saturated rings. The number of ether oxygens (including phenoxy) is 1. The zero-order valence-corrected chi connectivity index (χ0v) is 18.2. The molecule has 0 radical (unpaired) electrons. The summed E-state index contributed by atoms with van der Waals surface area (Å²) >= 11 is 1.47. The van der Waals surface area contributed by atoms with Gasteiger partial charge in [-0.25, -0.2) is 8.42 Å². The molecule has 1 unspecified atom stereocenters. The highest BCUT2D eigenvalue weighted by Gasteiger charge is 2.24. The summed E-state index contributed by atoms with van der Waals surface area (Å²) in [5, 5.41) is 12.9. The number of nitrogens with one attached hydrogen (secondary N) is 1. The Morgan fingerprint density at radius 3 is 2.72 bits per heavy atom. The van der Waals surface area contributed by atoms with Crippen LogP contribution in [0.1, 0.15) is 42.2 Å². The van der Waals surface area contributed by atoms with Gasteiger partial charge in [-0.15, -0.1) is 11.3 Å². The maximum Gasteiger partial charge on any atom is 0.225 e. The van der Waals surface area contributed by atoms with E-state index in [4.69, 9.17) is 4.74 Å². The molecule has 1 aliphatic rings. The molecule has 29 heavy (non-hydrogen) atoms. The van der Waals surface area contributed by atoms with Crippen molar-refractivity contribution in [2.45, 2.75) is 43.9 Å². The number of amides is 1. The van der Waals surface area contributed by atoms with E-state index in [1.807, 2.05) is 0 Å². The third-order valence-corrected chi connectivity index (χ3v) is 8.10. The molecule has 0 saturated carbocycles. The lowest BCUT2D eigenvalue weighted by atomic mass is 9.89. The first-order valence-corrected chi connectivity index (χ1v) is 12.0. The highest BCUT2D eigenvalue weighted by Crippen LogP contribution is 2.39. The van der Waals surface area contributed by atoms with Gasteiger partial charge >= 0.3 is 0 Å². The standard InChI is InChI=1S/C21H24N2O4S2/c1-14-5-10-17-18(13-22)21(28-19(17)12-14)23-20(24)4-3-11-29(25,26)16-8-6-15(27-2)7-9-16/h6-9,14H,3-5,10-12H2,1-2H3,(H,23,24). The fourth-order valence-electron chi connectivity index (χ4n) is 3.47. The van der Waals surface area contributed by atoms with Gasteiger partial charge in [0.05, 0.1) is 23.3 Å². The van der Waals surface area contributed by atoms with E-state index in [0.29, 0.717) is 22.2 Å². The van der Waals surface area contributed by atoms with Gasteiger partial charge in [-0.3, -0.25) is 4.79 Å². The number of fused-ring (bicyclic) bond motifs is 1. The van der Waals surface area contributed by atoms with E-state index in [1.165, 1.54) is 35.5 Å². The van der Waals surface area contributed by atoms with Crippen molar-refractivity contribution in [2.75, 3.05) is 18.2 Å². The number of hydrogen-bond donors (Lipinski definition) is 1. The Bertz CT molecular complexity index is 1030. The van der Waals surface area contributed by atoms with Crippen LogP contribution >= 0.6 is 11.3 Å². The molecular weight excluding hydrogens is 408 g/mol. The number of benzene rings is 1. The number of nitriles is 1. The number of hydrogen-bond acceptors (Lipinski definition) is 6. The lowest BCUT2D eigenvalue weighted by molar-refractivity contribution is -0.116. The highest BCUT2D eigenvalue weighted by atomic mass is 32.2. The minimum absolute atomic E-state index is 0.0826. The zero-order chi connectivity index (χ0) is 21.0. The molecule has 6 nitrogen and oxygen atoms in total. The fourth-order valence-corrected chi connectivity index (χ4v) is 6.16. The number of thiophene rings is 1. The van der Waals surface area contributed by atoms with E-state index in [0.717, 1.165) is 24.8 Å². The van der Waals surface area contributed by atoms with Crippen molar-refractivity contribution in [3.05, 3.63) is 40.3 Å². The summed E-state index contributed by atoms with van der Waals surface area (Å²) in [5.41, 5.74) is 1.63. The smallest absolute Gasteiger partial charge is 0.225 e. The number of methoxy groups -OCH3 is 1. The molecule has 1 aromatic carbocycles. The number of anilines is 1. The molecule has 0 spiro atoms. The van der Waals surface area contributed by atoms with E-state index in [9.17, 15) is 18.5 Å². The molecule has 0 saturated heterocycles. The van der Waals surface area contributed by atoms with Crippen molar-refractivity contribution in [3.63, 3.8) is 0 Å². The van der Waals surface area contributed by atoms with Crippen LogP contribution in [0.5, 0.6) is 5.75 Å². The summed E-state index contributed by atoms with van der Waals surface area (Å²) in [6.45, 7) is 2.19. The van der Waals surface area contributed by atoms with Gasteiger partial charge in [0.2, 0.25) is 5.91 Å². The molecule has 1 atom stereocenters. The number of carbonyl (C=O) groups excluding carboxylic acids is 1. The van der Waals surface area contributed by atoms with Gasteiger partial charge in [0.1, 0.15) is 16.8 Å². The molecule has 0 bridgehead atoms. The minimum atomic E-state index is -3.46. The number of nitrogens with zero attached hydrogens (tertiary/aromatic N) is 1. The fraction of sp³-hybridized carbons (Fsp3) is 0.429. The molecule has 1 N–H and O–H groups in total. The SMILES string of the molecule is COc1ccc(S(=O)(=O)CCCC(=O)Nc2sc3c(c2C#N)CCC(C)C3)cc1. The third kappa shape index (κ3) is 4.98. The first-order chi connectivity index (χ1) is 13.8. The van der Waals surface area contributed by atoms with Crippen molar-refractivity contribution in [3.8, 4) is 11.8 Å². The van der Waals surface area contributed by atoms with Crippen molar-refractivity contribution >= 4 is 32.1 Å². The molecule has 8 heteroatoms. The first kappa shape index (κ1) is 21.3. The van der Waals surface area contributed by atoms with Crippen LogP contribution in [0.15, 0.2) is 29.2 Å². The molecule has 154 valence electrons. The summed E-state index contributed by atoms with van der Waals surface area (Å²) < 4.78 is 29.9. The Hall–Kier alpha value is -2.37. The topological polar surface area (TPSA) is 96.3 Å². The predicted octanol–water partition coefficient (Wildman–Crippen LogP) is 3.95. The Morgan fingerprint density at radius 2 is 2.07 bits per heavy atom. The molecule has 1 aliphatic carbocycles. The second-order valence-electron chi connectivity index (χ2n) is 7.31. The molecule has 0 aliphatic heterocycles. The van der Waals surface area contributed by atoms with Crippen LogP contribution in [0.3, 0.4) is 0 Å². The second-order valence-corrected chi connectivity index (χ2v) is 10.5. The average Bonchev–Trinajstić information content (AvgIpc) is 3.03. The Balaban J connectivity index is 1.58. The molecule has 2 aromatic rings. The van der Waals surface area contributed by atoms with Crippen LogP contribution in [0.2, 0.25) is 0 Å². The summed E-state index contributed by atoms with van der Waals surface area (Å²) in [4.78, 5) is 13.7. The van der Waals surface area contributed by atoms with E-state index in [-0.39, 0.29) is 29.4 Å². The van der Waals surface area contributed by atoms with E-state index < -0.39 is 9.84 Å². The van der Waals surface area contributed by atoms with Crippen LogP contribution in [-0.4, -0.2) is 27.2 Å². The van der Waals surface area contributed by atoms with Crippen LogP contribution in [0.25, 0.3) is 0 Å². The van der Waals surface area contributed by atoms with Gasteiger partial charge in [-0.2, -0.15) is 5.26 Å². The number of rotatable bonds is 7. The Morgan fingerprint density at radius 1 is 1.34 bits per heavy atom. The normalized spacial score (nSPS) is 16.0. The minimum Gasteiger partial charge on any atom is -0.497 e.